The van der Waals surface area contributed by atoms with E-state index in [2.05, 4.69) is 16.4 Å². The average Bonchev–Trinajstić information content (AvgIpc) is 2.39. The topological polar surface area (TPSA) is 48.7 Å². The summed E-state index contributed by atoms with van der Waals surface area (Å²) >= 11 is 6.26. The van der Waals surface area contributed by atoms with Gasteiger partial charge in [0.05, 0.1) is 5.56 Å². The highest BCUT2D eigenvalue weighted by Crippen LogP contribution is 2.28. The van der Waals surface area contributed by atoms with E-state index in [4.69, 9.17) is 16.9 Å². The molecule has 1 aromatic carbocycles. The second kappa shape index (κ2) is 5.63. The third-order valence-electron chi connectivity index (χ3n) is 2.59. The minimum absolute atomic E-state index is 0.530. The number of aromatic nitrogens is 1. The lowest BCUT2D eigenvalue weighted by molar-refractivity contribution is 0.818. The summed E-state index contributed by atoms with van der Waals surface area (Å²) in [6.07, 6.45) is 3.24. The zero-order valence-electron chi connectivity index (χ0n) is 9.94. The van der Waals surface area contributed by atoms with Crippen molar-refractivity contribution in [1.29, 1.82) is 5.26 Å². The van der Waals surface area contributed by atoms with E-state index in [9.17, 15) is 0 Å². The number of rotatable bonds is 3. The van der Waals surface area contributed by atoms with Crippen LogP contribution in [0.2, 0.25) is 5.02 Å². The molecule has 0 aliphatic carbocycles. The molecular formula is C14H12ClN3. The van der Waals surface area contributed by atoms with Gasteiger partial charge in [-0.05, 0) is 24.7 Å². The second-order valence-electron chi connectivity index (χ2n) is 3.92. The largest absolute Gasteiger partial charge is 0.316 e. The summed E-state index contributed by atoms with van der Waals surface area (Å²) in [5, 5.41) is 12.6. The first-order valence-electron chi connectivity index (χ1n) is 5.53. The first-order valence-corrected chi connectivity index (χ1v) is 5.91. The number of nitriles is 1. The summed E-state index contributed by atoms with van der Waals surface area (Å²) in [6.45, 7) is 0.774. The molecule has 0 amide bonds. The van der Waals surface area contributed by atoms with Gasteiger partial charge in [-0.15, -0.1) is 0 Å². The van der Waals surface area contributed by atoms with Crippen molar-refractivity contribution < 1.29 is 0 Å². The molecule has 4 heteroatoms. The lowest BCUT2D eigenvalue weighted by Crippen LogP contribution is -2.04. The molecule has 0 aliphatic rings. The van der Waals surface area contributed by atoms with Gasteiger partial charge in [0.2, 0.25) is 0 Å². The van der Waals surface area contributed by atoms with E-state index in [0.717, 1.165) is 23.2 Å². The predicted octanol–water partition coefficient (Wildman–Crippen LogP) is 2.99. The number of halogens is 1. The number of benzene rings is 1. The van der Waals surface area contributed by atoms with Crippen molar-refractivity contribution in [3.8, 4) is 17.2 Å². The molecule has 2 aromatic rings. The van der Waals surface area contributed by atoms with Crippen LogP contribution in [0.15, 0.2) is 36.7 Å². The summed E-state index contributed by atoms with van der Waals surface area (Å²) in [5.74, 6) is 0. The molecule has 0 spiro atoms. The molecule has 90 valence electrons. The van der Waals surface area contributed by atoms with Gasteiger partial charge in [-0.2, -0.15) is 5.26 Å². The Labute approximate surface area is 111 Å². The van der Waals surface area contributed by atoms with Gasteiger partial charge < -0.3 is 5.32 Å². The first-order chi connectivity index (χ1) is 8.74. The van der Waals surface area contributed by atoms with Gasteiger partial charge in [-0.1, -0.05) is 23.7 Å². The van der Waals surface area contributed by atoms with Crippen LogP contribution in [0.3, 0.4) is 0 Å². The van der Waals surface area contributed by atoms with E-state index in [-0.39, 0.29) is 0 Å². The maximum absolute atomic E-state index is 8.86. The Hall–Kier alpha value is -1.89. The number of nitrogens with zero attached hydrogens (tertiary/aromatic N) is 2. The second-order valence-corrected chi connectivity index (χ2v) is 4.33. The highest BCUT2D eigenvalue weighted by Gasteiger charge is 2.06. The van der Waals surface area contributed by atoms with E-state index in [1.807, 2.05) is 25.2 Å². The van der Waals surface area contributed by atoms with E-state index >= 15 is 0 Å². The Kier molecular flexibility index (Phi) is 3.93. The molecule has 0 radical (unpaired) electrons. The molecule has 18 heavy (non-hydrogen) atoms. The summed E-state index contributed by atoms with van der Waals surface area (Å²) in [4.78, 5) is 4.04. The van der Waals surface area contributed by atoms with E-state index in [1.165, 1.54) is 6.20 Å². The van der Waals surface area contributed by atoms with Crippen molar-refractivity contribution >= 4 is 11.6 Å². The molecule has 1 aromatic heterocycles. The van der Waals surface area contributed by atoms with Crippen LogP contribution >= 0.6 is 11.6 Å². The van der Waals surface area contributed by atoms with Gasteiger partial charge in [0.25, 0.3) is 0 Å². The Morgan fingerprint density at radius 2 is 2.17 bits per heavy atom. The van der Waals surface area contributed by atoms with Crippen LogP contribution in [0, 0.1) is 11.3 Å². The zero-order valence-corrected chi connectivity index (χ0v) is 10.7. The highest BCUT2D eigenvalue weighted by molar-refractivity contribution is 6.33. The lowest BCUT2D eigenvalue weighted by Gasteiger charge is -2.07. The lowest BCUT2D eigenvalue weighted by atomic mass is 10.0. The van der Waals surface area contributed by atoms with Crippen LogP contribution < -0.4 is 5.32 Å². The normalized spacial score (nSPS) is 10.1. The van der Waals surface area contributed by atoms with Gasteiger partial charge >= 0.3 is 0 Å². The molecule has 0 atom stereocenters. The minimum Gasteiger partial charge on any atom is -0.316 e. The molecule has 2 rings (SSSR count). The first kappa shape index (κ1) is 12.6. The smallest absolute Gasteiger partial charge is 0.101 e. The fourth-order valence-corrected chi connectivity index (χ4v) is 2.07. The molecular weight excluding hydrogens is 246 g/mol. The highest BCUT2D eigenvalue weighted by atomic mass is 35.5. The van der Waals surface area contributed by atoms with Crippen molar-refractivity contribution in [2.45, 2.75) is 6.54 Å². The Morgan fingerprint density at radius 3 is 2.83 bits per heavy atom. The van der Waals surface area contributed by atoms with Gasteiger partial charge in [-0.25, -0.2) is 0 Å². The summed E-state index contributed by atoms with van der Waals surface area (Å²) in [6, 6.07) is 9.74. The third kappa shape index (κ3) is 2.67. The van der Waals surface area contributed by atoms with Crippen molar-refractivity contribution in [2.75, 3.05) is 7.05 Å². The predicted molar refractivity (Wildman–Crippen MR) is 72.2 cm³/mol. The fourth-order valence-electron chi connectivity index (χ4n) is 1.76. The fraction of sp³-hybridized carbons (Fsp3) is 0.143. The van der Waals surface area contributed by atoms with E-state index < -0.39 is 0 Å². The third-order valence-corrected chi connectivity index (χ3v) is 2.91. The number of pyridine rings is 1. The molecule has 0 unspecified atom stereocenters. The molecule has 3 nitrogen and oxygen atoms in total. The quantitative estimate of drug-likeness (QED) is 0.920. The molecule has 1 heterocycles. The Balaban J connectivity index is 2.41. The number of hydrogen-bond acceptors (Lipinski definition) is 3. The molecule has 0 aliphatic heterocycles. The summed E-state index contributed by atoms with van der Waals surface area (Å²) in [5.41, 5.74) is 3.40. The van der Waals surface area contributed by atoms with Crippen LogP contribution in [-0.4, -0.2) is 12.0 Å². The molecule has 0 saturated carbocycles. The van der Waals surface area contributed by atoms with Crippen LogP contribution in [0.25, 0.3) is 11.1 Å². The zero-order chi connectivity index (χ0) is 13.0. The van der Waals surface area contributed by atoms with E-state index in [0.29, 0.717) is 10.6 Å². The van der Waals surface area contributed by atoms with Crippen molar-refractivity contribution in [1.82, 2.24) is 10.3 Å². The van der Waals surface area contributed by atoms with Crippen molar-refractivity contribution in [2.24, 2.45) is 0 Å². The van der Waals surface area contributed by atoms with E-state index in [1.54, 1.807) is 12.3 Å². The maximum atomic E-state index is 8.86. The van der Waals surface area contributed by atoms with Gasteiger partial charge in [0.15, 0.2) is 0 Å². The SMILES string of the molecule is CNCc1ccc(-c2cncc(C#N)c2)c(Cl)c1. The molecule has 0 saturated heterocycles. The minimum atomic E-state index is 0.530. The van der Waals surface area contributed by atoms with Crippen molar-refractivity contribution in [3.05, 3.63) is 52.8 Å². The summed E-state index contributed by atoms with van der Waals surface area (Å²) in [7, 11) is 1.89. The van der Waals surface area contributed by atoms with Crippen LogP contribution in [0.4, 0.5) is 0 Å². The number of nitrogens with one attached hydrogen (secondary N) is 1. The molecule has 0 bridgehead atoms. The van der Waals surface area contributed by atoms with Crippen molar-refractivity contribution in [3.63, 3.8) is 0 Å². The monoisotopic (exact) mass is 257 g/mol. The van der Waals surface area contributed by atoms with Crippen LogP contribution in [0.1, 0.15) is 11.1 Å². The Bertz CT molecular complexity index is 602. The van der Waals surface area contributed by atoms with Gasteiger partial charge in [-0.3, -0.25) is 4.98 Å². The molecule has 1 N–H and O–H groups in total. The average molecular weight is 258 g/mol. The van der Waals surface area contributed by atoms with Gasteiger partial charge in [0.1, 0.15) is 6.07 Å². The molecule has 0 fully saturated rings. The van der Waals surface area contributed by atoms with Crippen LogP contribution in [0.5, 0.6) is 0 Å². The van der Waals surface area contributed by atoms with Gasteiger partial charge in [0, 0.05) is 35.1 Å². The maximum Gasteiger partial charge on any atom is 0.101 e. The standard InChI is InChI=1S/C14H12ClN3/c1-17-7-10-2-3-13(14(15)5-10)12-4-11(6-16)8-18-9-12/h2-5,8-9,17H,7H2,1H3. The number of hydrogen-bond donors (Lipinski definition) is 1. The Morgan fingerprint density at radius 1 is 1.33 bits per heavy atom. The van der Waals surface area contributed by atoms with Crippen LogP contribution in [-0.2, 0) is 6.54 Å². The summed E-state index contributed by atoms with van der Waals surface area (Å²) < 4.78 is 0.